The molecule has 1 N–H and O–H groups in total. The number of hydrogen-bond acceptors (Lipinski definition) is 8. The quantitative estimate of drug-likeness (QED) is 0.445. The number of nitrogens with one attached hydrogen (secondary N) is 1. The molecule has 170 valence electrons. The SMILES string of the molecule is COc1cc(-c2ccc(=O)n(CC(=O)Nc3nc4ccc(C)cc4s3)n2)cc(OC)c1OC. The summed E-state index contributed by atoms with van der Waals surface area (Å²) in [5.41, 5.74) is 2.63. The first-order chi connectivity index (χ1) is 15.9. The lowest BCUT2D eigenvalue weighted by atomic mass is 10.1. The van der Waals surface area contributed by atoms with Gasteiger partial charge in [0.2, 0.25) is 11.7 Å². The lowest BCUT2D eigenvalue weighted by molar-refractivity contribution is -0.117. The van der Waals surface area contributed by atoms with Crippen LogP contribution in [0.4, 0.5) is 5.13 Å². The van der Waals surface area contributed by atoms with E-state index in [1.54, 1.807) is 18.2 Å². The van der Waals surface area contributed by atoms with E-state index in [1.807, 2.05) is 25.1 Å². The first kappa shape index (κ1) is 22.3. The van der Waals surface area contributed by atoms with E-state index in [9.17, 15) is 9.59 Å². The summed E-state index contributed by atoms with van der Waals surface area (Å²) in [6.45, 7) is 1.74. The Hall–Kier alpha value is -3.92. The summed E-state index contributed by atoms with van der Waals surface area (Å²) >= 11 is 1.38. The zero-order chi connectivity index (χ0) is 23.5. The van der Waals surface area contributed by atoms with E-state index in [4.69, 9.17) is 14.2 Å². The van der Waals surface area contributed by atoms with Crippen LogP contribution in [0.25, 0.3) is 21.5 Å². The number of carbonyl (C=O) groups is 1. The number of rotatable bonds is 7. The van der Waals surface area contributed by atoms with E-state index >= 15 is 0 Å². The van der Waals surface area contributed by atoms with Crippen LogP contribution in [0.3, 0.4) is 0 Å². The molecule has 0 bridgehead atoms. The summed E-state index contributed by atoms with van der Waals surface area (Å²) < 4.78 is 18.2. The van der Waals surface area contributed by atoms with Crippen LogP contribution in [0.5, 0.6) is 17.2 Å². The zero-order valence-corrected chi connectivity index (χ0v) is 19.4. The second-order valence-electron chi connectivity index (χ2n) is 7.17. The Labute approximate surface area is 193 Å². The van der Waals surface area contributed by atoms with E-state index in [-0.39, 0.29) is 6.54 Å². The van der Waals surface area contributed by atoms with Gasteiger partial charge in [-0.15, -0.1) is 0 Å². The number of amides is 1. The topological polar surface area (TPSA) is 105 Å². The second kappa shape index (κ2) is 9.29. The minimum Gasteiger partial charge on any atom is -0.493 e. The summed E-state index contributed by atoms with van der Waals surface area (Å²) in [4.78, 5) is 29.4. The van der Waals surface area contributed by atoms with E-state index in [0.717, 1.165) is 20.5 Å². The molecule has 9 nitrogen and oxygen atoms in total. The lowest BCUT2D eigenvalue weighted by Gasteiger charge is -2.14. The molecule has 0 aliphatic rings. The average molecular weight is 467 g/mol. The number of benzene rings is 2. The molecule has 0 fully saturated rings. The molecular formula is C23H22N4O5S. The molecule has 0 unspecified atom stereocenters. The molecular weight excluding hydrogens is 444 g/mol. The first-order valence-electron chi connectivity index (χ1n) is 9.97. The van der Waals surface area contributed by atoms with Gasteiger partial charge >= 0.3 is 0 Å². The van der Waals surface area contributed by atoms with Crippen molar-refractivity contribution < 1.29 is 19.0 Å². The molecule has 0 atom stereocenters. The molecule has 0 radical (unpaired) electrons. The van der Waals surface area contributed by atoms with Gasteiger partial charge in [-0.05, 0) is 42.8 Å². The van der Waals surface area contributed by atoms with Crippen molar-refractivity contribution in [3.05, 3.63) is 58.4 Å². The number of thiazole rings is 1. The van der Waals surface area contributed by atoms with E-state index in [0.29, 0.717) is 33.6 Å². The van der Waals surface area contributed by atoms with Crippen LogP contribution in [0.1, 0.15) is 5.56 Å². The van der Waals surface area contributed by atoms with Gasteiger partial charge in [0, 0.05) is 11.6 Å². The lowest BCUT2D eigenvalue weighted by Crippen LogP contribution is -2.29. The van der Waals surface area contributed by atoms with Crippen LogP contribution in [0.2, 0.25) is 0 Å². The van der Waals surface area contributed by atoms with Crippen molar-refractivity contribution in [2.24, 2.45) is 0 Å². The number of aromatic nitrogens is 3. The molecule has 2 aromatic carbocycles. The predicted octanol–water partition coefficient (Wildman–Crippen LogP) is 3.49. The average Bonchev–Trinajstić information content (AvgIpc) is 3.20. The molecule has 0 saturated carbocycles. The van der Waals surface area contributed by atoms with Crippen molar-refractivity contribution in [1.82, 2.24) is 14.8 Å². The van der Waals surface area contributed by atoms with Crippen molar-refractivity contribution in [1.29, 1.82) is 0 Å². The van der Waals surface area contributed by atoms with Gasteiger partial charge in [-0.2, -0.15) is 5.10 Å². The molecule has 4 aromatic rings. The number of hydrogen-bond donors (Lipinski definition) is 1. The zero-order valence-electron chi connectivity index (χ0n) is 18.5. The van der Waals surface area contributed by atoms with Crippen molar-refractivity contribution in [2.75, 3.05) is 26.6 Å². The summed E-state index contributed by atoms with van der Waals surface area (Å²) in [5.74, 6) is 0.954. The van der Waals surface area contributed by atoms with Gasteiger partial charge in [0.1, 0.15) is 6.54 Å². The van der Waals surface area contributed by atoms with Crippen LogP contribution < -0.4 is 25.1 Å². The number of fused-ring (bicyclic) bond motifs is 1. The van der Waals surface area contributed by atoms with Crippen LogP contribution in [0, 0.1) is 6.92 Å². The summed E-state index contributed by atoms with van der Waals surface area (Å²) in [6.07, 6.45) is 0. The molecule has 2 aromatic heterocycles. The van der Waals surface area contributed by atoms with Crippen LogP contribution >= 0.6 is 11.3 Å². The molecule has 0 aliphatic heterocycles. The second-order valence-corrected chi connectivity index (χ2v) is 8.20. The molecule has 1 amide bonds. The molecule has 0 saturated heterocycles. The van der Waals surface area contributed by atoms with Crippen LogP contribution in [-0.2, 0) is 11.3 Å². The van der Waals surface area contributed by atoms with Gasteiger partial charge in [0.15, 0.2) is 16.6 Å². The Balaban J connectivity index is 1.59. The van der Waals surface area contributed by atoms with Crippen molar-refractivity contribution in [2.45, 2.75) is 13.5 Å². The largest absolute Gasteiger partial charge is 0.493 e. The Bertz CT molecular complexity index is 1370. The number of carbonyl (C=O) groups excluding carboxylic acids is 1. The number of methoxy groups -OCH3 is 3. The van der Waals surface area contributed by atoms with Gasteiger partial charge in [-0.3, -0.25) is 9.59 Å². The van der Waals surface area contributed by atoms with Crippen LogP contribution in [-0.4, -0.2) is 42.0 Å². The van der Waals surface area contributed by atoms with E-state index < -0.39 is 11.5 Å². The molecule has 0 spiro atoms. The highest BCUT2D eigenvalue weighted by molar-refractivity contribution is 7.22. The number of anilines is 1. The third-order valence-electron chi connectivity index (χ3n) is 4.91. The predicted molar refractivity (Wildman–Crippen MR) is 127 cm³/mol. The Morgan fingerprint density at radius 2 is 1.76 bits per heavy atom. The minimum atomic E-state index is -0.402. The Morgan fingerprint density at radius 1 is 1.03 bits per heavy atom. The molecule has 2 heterocycles. The van der Waals surface area contributed by atoms with Gasteiger partial charge in [-0.1, -0.05) is 17.4 Å². The highest BCUT2D eigenvalue weighted by Gasteiger charge is 2.16. The fourth-order valence-corrected chi connectivity index (χ4v) is 4.31. The summed E-state index contributed by atoms with van der Waals surface area (Å²) in [5, 5.41) is 7.58. The van der Waals surface area contributed by atoms with Gasteiger partial charge in [-0.25, -0.2) is 9.67 Å². The molecule has 10 heteroatoms. The van der Waals surface area contributed by atoms with Crippen molar-refractivity contribution in [3.63, 3.8) is 0 Å². The minimum absolute atomic E-state index is 0.258. The molecule has 33 heavy (non-hydrogen) atoms. The van der Waals surface area contributed by atoms with Crippen molar-refractivity contribution >= 4 is 32.6 Å². The fraction of sp³-hybridized carbons (Fsp3) is 0.217. The molecule has 0 aliphatic carbocycles. The van der Waals surface area contributed by atoms with Gasteiger partial charge in [0.05, 0.1) is 37.2 Å². The standard InChI is InChI=1S/C23H22N4O5S/c1-13-5-6-16-19(9-13)33-23(24-16)25-20(28)12-27-21(29)8-7-15(26-27)14-10-17(30-2)22(32-4)18(11-14)31-3/h5-11H,12H2,1-4H3,(H,24,25,28). The highest BCUT2D eigenvalue weighted by atomic mass is 32.1. The highest BCUT2D eigenvalue weighted by Crippen LogP contribution is 2.40. The number of aryl methyl sites for hydroxylation is 1. The van der Waals surface area contributed by atoms with Gasteiger partial charge in [0.25, 0.3) is 5.56 Å². The van der Waals surface area contributed by atoms with E-state index in [1.165, 1.54) is 38.7 Å². The van der Waals surface area contributed by atoms with Crippen LogP contribution in [0.15, 0.2) is 47.3 Å². The molecule has 4 rings (SSSR count). The third-order valence-corrected chi connectivity index (χ3v) is 5.84. The smallest absolute Gasteiger partial charge is 0.267 e. The fourth-order valence-electron chi connectivity index (χ4n) is 3.33. The monoisotopic (exact) mass is 466 g/mol. The normalized spacial score (nSPS) is 10.8. The maximum Gasteiger partial charge on any atom is 0.267 e. The Morgan fingerprint density at radius 3 is 2.42 bits per heavy atom. The maximum atomic E-state index is 12.6. The van der Waals surface area contributed by atoms with Gasteiger partial charge < -0.3 is 19.5 Å². The summed E-state index contributed by atoms with van der Waals surface area (Å²) in [6, 6.07) is 12.3. The first-order valence-corrected chi connectivity index (χ1v) is 10.8. The Kier molecular flexibility index (Phi) is 6.27. The van der Waals surface area contributed by atoms with E-state index in [2.05, 4.69) is 15.4 Å². The number of ether oxygens (including phenoxy) is 3. The maximum absolute atomic E-state index is 12.6. The number of nitrogens with zero attached hydrogens (tertiary/aromatic N) is 3. The third kappa shape index (κ3) is 4.65. The summed E-state index contributed by atoms with van der Waals surface area (Å²) in [7, 11) is 4.55. The van der Waals surface area contributed by atoms with Crippen molar-refractivity contribution in [3.8, 4) is 28.5 Å².